The summed E-state index contributed by atoms with van der Waals surface area (Å²) in [6.07, 6.45) is 7.64. The molecule has 0 radical (unpaired) electrons. The Hall–Kier alpha value is -2.68. The molecule has 1 aromatic carbocycles. The van der Waals surface area contributed by atoms with Crippen molar-refractivity contribution in [2.75, 3.05) is 57.8 Å². The fourth-order valence-electron chi connectivity index (χ4n) is 7.34. The maximum atomic E-state index is 13.8. The van der Waals surface area contributed by atoms with Crippen LogP contribution in [0.25, 0.3) is 0 Å². The predicted octanol–water partition coefficient (Wildman–Crippen LogP) is 3.02. The zero-order valence-electron chi connectivity index (χ0n) is 23.6. The van der Waals surface area contributed by atoms with E-state index >= 15 is 0 Å². The molecule has 1 aromatic rings. The third kappa shape index (κ3) is 5.65. The van der Waals surface area contributed by atoms with Gasteiger partial charge in [-0.25, -0.2) is 4.39 Å². The molecule has 8 nitrogen and oxygen atoms in total. The first-order valence-electron chi connectivity index (χ1n) is 14.8. The quantitative estimate of drug-likeness (QED) is 0.599. The summed E-state index contributed by atoms with van der Waals surface area (Å²) < 4.78 is 13.2. The van der Waals surface area contributed by atoms with E-state index in [-0.39, 0.29) is 35.0 Å². The van der Waals surface area contributed by atoms with E-state index in [2.05, 4.69) is 15.1 Å². The Labute approximate surface area is 231 Å². The Morgan fingerprint density at radius 2 is 1.62 bits per heavy atom. The molecule has 39 heavy (non-hydrogen) atoms. The van der Waals surface area contributed by atoms with Crippen LogP contribution in [0.1, 0.15) is 64.7 Å². The smallest absolute Gasteiger partial charge is 0.248 e. The Bertz CT molecular complexity index is 1040. The third-order valence-electron chi connectivity index (χ3n) is 10.0. The van der Waals surface area contributed by atoms with Gasteiger partial charge >= 0.3 is 0 Å². The summed E-state index contributed by atoms with van der Waals surface area (Å²) in [5, 5.41) is 3.27. The van der Waals surface area contributed by atoms with E-state index in [4.69, 9.17) is 0 Å². The summed E-state index contributed by atoms with van der Waals surface area (Å²) in [5.41, 5.74) is -0.0433. The van der Waals surface area contributed by atoms with Crippen molar-refractivity contribution in [2.24, 2.45) is 5.41 Å². The lowest BCUT2D eigenvalue weighted by atomic mass is 9.74. The number of hydrogen-bond donors (Lipinski definition) is 1. The maximum Gasteiger partial charge on any atom is 0.248 e. The SMILES string of the molecule is CC(=O)N(C)C1(C(=O)N2CCC3(CC2)C[C@H](CCN2CCN(c4ccc(F)cc4)CC2)NC3=O)CCCCC1. The number of halogens is 1. The van der Waals surface area contributed by atoms with E-state index < -0.39 is 5.54 Å². The fraction of sp³-hybridized carbons (Fsp3) is 0.700. The number of carbonyl (C=O) groups is 3. The molecule has 1 atom stereocenters. The molecule has 1 spiro atoms. The van der Waals surface area contributed by atoms with Gasteiger partial charge in [-0.05, 0) is 62.8 Å². The highest BCUT2D eigenvalue weighted by Gasteiger charge is 2.52. The second kappa shape index (κ2) is 11.4. The van der Waals surface area contributed by atoms with Gasteiger partial charge in [-0.15, -0.1) is 0 Å². The molecule has 4 aliphatic rings. The third-order valence-corrected chi connectivity index (χ3v) is 10.0. The van der Waals surface area contributed by atoms with Gasteiger partial charge in [-0.1, -0.05) is 19.3 Å². The minimum absolute atomic E-state index is 0.0615. The Balaban J connectivity index is 1.11. The Kier molecular flexibility index (Phi) is 8.17. The summed E-state index contributed by atoms with van der Waals surface area (Å²) in [5.74, 6) is -0.0492. The standard InChI is InChI=1S/C30H44FN5O3/c1-23(37)33(2)30(11-4-3-5-12-30)28(39)36-16-13-29(14-17-36)22-25(32-27(29)38)10-15-34-18-20-35(21-19-34)26-8-6-24(31)7-9-26/h6-9,25H,3-5,10-22H2,1-2H3,(H,32,38)/t25-/m0/s1. The summed E-state index contributed by atoms with van der Waals surface area (Å²) in [4.78, 5) is 47.6. The first-order chi connectivity index (χ1) is 18.7. The van der Waals surface area contributed by atoms with Crippen molar-refractivity contribution in [1.82, 2.24) is 20.0 Å². The number of anilines is 1. The summed E-state index contributed by atoms with van der Waals surface area (Å²) >= 11 is 0. The van der Waals surface area contributed by atoms with Crippen LogP contribution in [0.15, 0.2) is 24.3 Å². The van der Waals surface area contributed by atoms with Crippen molar-refractivity contribution < 1.29 is 18.8 Å². The zero-order valence-corrected chi connectivity index (χ0v) is 23.6. The van der Waals surface area contributed by atoms with Gasteiger partial charge in [0, 0.05) is 71.5 Å². The monoisotopic (exact) mass is 541 g/mol. The van der Waals surface area contributed by atoms with Crippen molar-refractivity contribution >= 4 is 23.4 Å². The minimum atomic E-state index is -0.726. The highest BCUT2D eigenvalue weighted by Crippen LogP contribution is 2.43. The van der Waals surface area contributed by atoms with Crippen molar-refractivity contribution in [2.45, 2.75) is 76.3 Å². The maximum absolute atomic E-state index is 13.8. The van der Waals surface area contributed by atoms with Gasteiger partial charge in [0.15, 0.2) is 0 Å². The number of nitrogens with one attached hydrogen (secondary N) is 1. The van der Waals surface area contributed by atoms with Crippen LogP contribution in [-0.4, -0.2) is 96.9 Å². The average molecular weight is 542 g/mol. The number of rotatable bonds is 6. The molecular formula is C30H44FN5O3. The van der Waals surface area contributed by atoms with Gasteiger partial charge in [-0.2, -0.15) is 0 Å². The first-order valence-corrected chi connectivity index (χ1v) is 14.8. The van der Waals surface area contributed by atoms with E-state index in [0.29, 0.717) is 25.9 Å². The topological polar surface area (TPSA) is 76.2 Å². The first kappa shape index (κ1) is 27.9. The molecule has 4 fully saturated rings. The highest BCUT2D eigenvalue weighted by atomic mass is 19.1. The number of amides is 3. The molecule has 3 heterocycles. The van der Waals surface area contributed by atoms with E-state index in [1.165, 1.54) is 12.1 Å². The van der Waals surface area contributed by atoms with Gasteiger partial charge in [0.1, 0.15) is 11.4 Å². The van der Waals surface area contributed by atoms with Crippen LogP contribution in [0.3, 0.4) is 0 Å². The lowest BCUT2D eigenvalue weighted by Gasteiger charge is -2.47. The summed E-state index contributed by atoms with van der Waals surface area (Å²) in [6.45, 7) is 7.39. The number of hydrogen-bond acceptors (Lipinski definition) is 5. The minimum Gasteiger partial charge on any atom is -0.369 e. The lowest BCUT2D eigenvalue weighted by Crippen LogP contribution is -2.62. The van der Waals surface area contributed by atoms with Gasteiger partial charge in [0.2, 0.25) is 17.7 Å². The number of benzene rings is 1. The molecule has 3 aliphatic heterocycles. The highest BCUT2D eigenvalue weighted by molar-refractivity contribution is 5.91. The fourth-order valence-corrected chi connectivity index (χ4v) is 7.34. The van der Waals surface area contributed by atoms with Gasteiger partial charge in [0.25, 0.3) is 0 Å². The van der Waals surface area contributed by atoms with Gasteiger partial charge in [0.05, 0.1) is 5.41 Å². The molecular weight excluding hydrogens is 497 g/mol. The van der Waals surface area contributed by atoms with Crippen LogP contribution in [0.5, 0.6) is 0 Å². The molecule has 214 valence electrons. The Morgan fingerprint density at radius 1 is 0.974 bits per heavy atom. The molecule has 1 saturated carbocycles. The van der Waals surface area contributed by atoms with Crippen molar-refractivity contribution in [3.05, 3.63) is 30.1 Å². The van der Waals surface area contributed by atoms with Crippen LogP contribution in [-0.2, 0) is 14.4 Å². The summed E-state index contributed by atoms with van der Waals surface area (Å²) in [7, 11) is 1.77. The van der Waals surface area contributed by atoms with E-state index in [1.807, 2.05) is 17.0 Å². The van der Waals surface area contributed by atoms with Crippen molar-refractivity contribution in [3.63, 3.8) is 0 Å². The lowest BCUT2D eigenvalue weighted by molar-refractivity contribution is -0.156. The number of likely N-dealkylation sites (tertiary alicyclic amines) is 1. The molecule has 0 unspecified atom stereocenters. The number of likely N-dealkylation sites (N-methyl/N-ethyl adjacent to an activating group) is 1. The second-order valence-electron chi connectivity index (χ2n) is 12.2. The molecule has 0 bridgehead atoms. The zero-order chi connectivity index (χ0) is 27.6. The normalized spacial score (nSPS) is 25.0. The number of piperidine rings is 1. The van der Waals surface area contributed by atoms with Crippen LogP contribution >= 0.6 is 0 Å². The molecule has 3 amide bonds. The second-order valence-corrected chi connectivity index (χ2v) is 12.2. The molecule has 1 aliphatic carbocycles. The van der Waals surface area contributed by atoms with Crippen LogP contribution < -0.4 is 10.2 Å². The van der Waals surface area contributed by atoms with E-state index in [0.717, 1.165) is 83.4 Å². The van der Waals surface area contributed by atoms with E-state index in [1.54, 1.807) is 18.9 Å². The van der Waals surface area contributed by atoms with Crippen molar-refractivity contribution in [1.29, 1.82) is 0 Å². The number of nitrogens with zero attached hydrogens (tertiary/aromatic N) is 4. The molecule has 5 rings (SSSR count). The molecule has 9 heteroatoms. The Morgan fingerprint density at radius 3 is 2.23 bits per heavy atom. The molecule has 0 aromatic heterocycles. The summed E-state index contributed by atoms with van der Waals surface area (Å²) in [6, 6.07) is 6.88. The van der Waals surface area contributed by atoms with Gasteiger partial charge < -0.3 is 20.0 Å². The largest absolute Gasteiger partial charge is 0.369 e. The van der Waals surface area contributed by atoms with Gasteiger partial charge in [-0.3, -0.25) is 19.3 Å². The molecule has 3 saturated heterocycles. The number of piperazine rings is 1. The van der Waals surface area contributed by atoms with Crippen LogP contribution in [0, 0.1) is 11.2 Å². The molecule has 1 N–H and O–H groups in total. The van der Waals surface area contributed by atoms with Crippen LogP contribution in [0.4, 0.5) is 10.1 Å². The predicted molar refractivity (Wildman–Crippen MR) is 149 cm³/mol. The average Bonchev–Trinajstić information content (AvgIpc) is 3.26. The van der Waals surface area contributed by atoms with E-state index in [9.17, 15) is 18.8 Å². The van der Waals surface area contributed by atoms with Crippen LogP contribution in [0.2, 0.25) is 0 Å². The number of carbonyl (C=O) groups excluding carboxylic acids is 3. The van der Waals surface area contributed by atoms with Crippen molar-refractivity contribution in [3.8, 4) is 0 Å².